The van der Waals surface area contributed by atoms with Crippen LogP contribution in [-0.4, -0.2) is 42.7 Å². The van der Waals surface area contributed by atoms with Crippen molar-refractivity contribution >= 4 is 28.1 Å². The van der Waals surface area contributed by atoms with E-state index in [9.17, 15) is 0 Å². The molecule has 0 aliphatic rings. The number of ether oxygens (including phenoxy) is 2. The zero-order valence-electron chi connectivity index (χ0n) is 18.6. The van der Waals surface area contributed by atoms with E-state index in [0.29, 0.717) is 22.9 Å². The molecule has 4 aromatic rings. The predicted octanol–water partition coefficient (Wildman–Crippen LogP) is 5.46. The molecule has 0 saturated carbocycles. The van der Waals surface area contributed by atoms with E-state index in [1.165, 1.54) is 5.56 Å². The second-order valence-electron chi connectivity index (χ2n) is 7.55. The number of nitrogens with one attached hydrogen (secondary N) is 1. The van der Waals surface area contributed by atoms with Gasteiger partial charge in [-0.2, -0.15) is 20.5 Å². The number of aromatic nitrogens is 3. The Morgan fingerprint density at radius 1 is 0.906 bits per heavy atom. The highest BCUT2D eigenvalue weighted by molar-refractivity contribution is 5.77. The minimum atomic E-state index is 0.272. The zero-order valence-corrected chi connectivity index (χ0v) is 18.6. The van der Waals surface area contributed by atoms with Gasteiger partial charge in [-0.15, -0.1) is 5.11 Å². The van der Waals surface area contributed by atoms with Crippen molar-refractivity contribution in [3.8, 4) is 11.5 Å². The highest BCUT2D eigenvalue weighted by Crippen LogP contribution is 2.42. The fourth-order valence-corrected chi connectivity index (χ4v) is 3.53. The summed E-state index contributed by atoms with van der Waals surface area (Å²) in [7, 11) is 5.30. The van der Waals surface area contributed by atoms with Gasteiger partial charge in [0.25, 0.3) is 0 Å². The first-order valence-corrected chi connectivity index (χ1v) is 10.3. The third kappa shape index (κ3) is 4.54. The third-order valence-corrected chi connectivity index (χ3v) is 5.47. The molecule has 3 aromatic carbocycles. The summed E-state index contributed by atoms with van der Waals surface area (Å²) in [6, 6.07) is 20.1. The summed E-state index contributed by atoms with van der Waals surface area (Å²) in [6.45, 7) is 2.19. The molecule has 1 atom stereocenters. The number of methoxy groups -OCH3 is 2. The van der Waals surface area contributed by atoms with Crippen LogP contribution in [0.1, 0.15) is 12.5 Å². The summed E-state index contributed by atoms with van der Waals surface area (Å²) in [5.74, 6) is 1.17. The molecule has 0 aliphatic carbocycles. The van der Waals surface area contributed by atoms with E-state index in [1.54, 1.807) is 14.2 Å². The normalized spacial score (nSPS) is 12.2. The van der Waals surface area contributed by atoms with Gasteiger partial charge in [-0.25, -0.2) is 0 Å². The standard InChI is InChI=1S/C24H26N6O2/c1-16(12-17-8-6-5-7-9-17)30(2)19-14-22(31-3)24(23(15-19)32-4)28-25-18-10-11-20-21(13-18)27-29-26-20/h5-11,13-16H,12H2,1-4H3,(H,26,27,29). The van der Waals surface area contributed by atoms with Crippen LogP contribution in [0.2, 0.25) is 0 Å². The SMILES string of the molecule is COc1cc(N(C)C(C)Cc2ccccc2)cc(OC)c1N=Nc1ccc2n[nH]nc2c1. The molecule has 0 bridgehead atoms. The average molecular weight is 431 g/mol. The Kier molecular flexibility index (Phi) is 6.30. The summed E-state index contributed by atoms with van der Waals surface area (Å²) in [4.78, 5) is 2.21. The minimum Gasteiger partial charge on any atom is -0.494 e. The molecule has 0 amide bonds. The van der Waals surface area contributed by atoms with Gasteiger partial charge in [0.05, 0.1) is 19.9 Å². The van der Waals surface area contributed by atoms with E-state index in [2.05, 4.69) is 68.8 Å². The van der Waals surface area contributed by atoms with Crippen molar-refractivity contribution in [2.45, 2.75) is 19.4 Å². The lowest BCUT2D eigenvalue weighted by molar-refractivity contribution is 0.396. The topological polar surface area (TPSA) is 88.0 Å². The maximum Gasteiger partial charge on any atom is 0.170 e. The lowest BCUT2D eigenvalue weighted by atomic mass is 10.1. The van der Waals surface area contributed by atoms with Gasteiger partial charge >= 0.3 is 0 Å². The Morgan fingerprint density at radius 3 is 2.28 bits per heavy atom. The van der Waals surface area contributed by atoms with Crippen LogP contribution < -0.4 is 14.4 Å². The predicted molar refractivity (Wildman–Crippen MR) is 126 cm³/mol. The number of anilines is 1. The van der Waals surface area contributed by atoms with Crippen LogP contribution in [-0.2, 0) is 6.42 Å². The first kappa shape index (κ1) is 21.3. The number of H-pyrrole nitrogens is 1. The van der Waals surface area contributed by atoms with Crippen molar-refractivity contribution in [3.05, 3.63) is 66.2 Å². The molecule has 32 heavy (non-hydrogen) atoms. The number of likely N-dealkylation sites (N-methyl/N-ethyl adjacent to an activating group) is 1. The van der Waals surface area contributed by atoms with E-state index in [4.69, 9.17) is 9.47 Å². The first-order chi connectivity index (χ1) is 15.6. The van der Waals surface area contributed by atoms with Crippen LogP contribution in [0.3, 0.4) is 0 Å². The maximum atomic E-state index is 5.64. The fourth-order valence-electron chi connectivity index (χ4n) is 3.53. The number of benzene rings is 3. The molecule has 4 rings (SSSR count). The number of hydrogen-bond acceptors (Lipinski definition) is 7. The zero-order chi connectivity index (χ0) is 22.5. The molecule has 164 valence electrons. The van der Waals surface area contributed by atoms with Gasteiger partial charge in [0.15, 0.2) is 17.2 Å². The number of aromatic amines is 1. The lowest BCUT2D eigenvalue weighted by Gasteiger charge is -2.28. The quantitative estimate of drug-likeness (QED) is 0.375. The van der Waals surface area contributed by atoms with Crippen molar-refractivity contribution in [1.29, 1.82) is 0 Å². The van der Waals surface area contributed by atoms with Crippen molar-refractivity contribution in [1.82, 2.24) is 15.4 Å². The molecule has 0 aliphatic heterocycles. The molecule has 8 heteroatoms. The molecule has 0 radical (unpaired) electrons. The molecule has 1 N–H and O–H groups in total. The van der Waals surface area contributed by atoms with Gasteiger partial charge < -0.3 is 14.4 Å². The van der Waals surface area contributed by atoms with E-state index in [-0.39, 0.29) is 6.04 Å². The molecule has 1 unspecified atom stereocenters. The third-order valence-electron chi connectivity index (χ3n) is 5.47. The first-order valence-electron chi connectivity index (χ1n) is 10.3. The summed E-state index contributed by atoms with van der Waals surface area (Å²) in [6.07, 6.45) is 0.925. The fraction of sp³-hybridized carbons (Fsp3) is 0.250. The smallest absolute Gasteiger partial charge is 0.170 e. The molecule has 8 nitrogen and oxygen atoms in total. The van der Waals surface area contributed by atoms with Crippen LogP contribution in [0.4, 0.5) is 17.1 Å². The van der Waals surface area contributed by atoms with Gasteiger partial charge in [0.1, 0.15) is 11.0 Å². The van der Waals surface area contributed by atoms with Crippen molar-refractivity contribution < 1.29 is 9.47 Å². The molecular weight excluding hydrogens is 404 g/mol. The highest BCUT2D eigenvalue weighted by Gasteiger charge is 2.18. The molecule has 0 fully saturated rings. The minimum absolute atomic E-state index is 0.272. The monoisotopic (exact) mass is 430 g/mol. The van der Waals surface area contributed by atoms with Crippen LogP contribution in [0.5, 0.6) is 11.5 Å². The Labute approximate surface area is 186 Å². The van der Waals surface area contributed by atoms with Gasteiger partial charge in [-0.1, -0.05) is 30.3 Å². The van der Waals surface area contributed by atoms with E-state index in [1.807, 2.05) is 36.4 Å². The van der Waals surface area contributed by atoms with E-state index < -0.39 is 0 Å². The summed E-state index contributed by atoms with van der Waals surface area (Å²) < 4.78 is 11.3. The van der Waals surface area contributed by atoms with Crippen LogP contribution in [0.15, 0.2) is 70.9 Å². The van der Waals surface area contributed by atoms with E-state index in [0.717, 1.165) is 23.1 Å². The maximum absolute atomic E-state index is 5.64. The number of azo groups is 1. The number of fused-ring (bicyclic) bond motifs is 1. The summed E-state index contributed by atoms with van der Waals surface area (Å²) in [5, 5.41) is 19.5. The van der Waals surface area contributed by atoms with Gasteiger partial charge in [-0.05, 0) is 37.1 Å². The van der Waals surface area contributed by atoms with Gasteiger partial charge in [0.2, 0.25) is 0 Å². The molecule has 1 aromatic heterocycles. The Bertz CT molecular complexity index is 1200. The number of rotatable bonds is 8. The summed E-state index contributed by atoms with van der Waals surface area (Å²) >= 11 is 0. The van der Waals surface area contributed by atoms with Crippen molar-refractivity contribution in [2.75, 3.05) is 26.2 Å². The molecule has 1 heterocycles. The highest BCUT2D eigenvalue weighted by atomic mass is 16.5. The second kappa shape index (κ2) is 9.47. The largest absolute Gasteiger partial charge is 0.494 e. The van der Waals surface area contributed by atoms with Crippen LogP contribution in [0, 0.1) is 0 Å². The molecule has 0 spiro atoms. The van der Waals surface area contributed by atoms with Crippen LogP contribution >= 0.6 is 0 Å². The Hall–Kier alpha value is -3.94. The molecule has 0 saturated heterocycles. The van der Waals surface area contributed by atoms with E-state index >= 15 is 0 Å². The average Bonchev–Trinajstić information content (AvgIpc) is 3.30. The lowest BCUT2D eigenvalue weighted by Crippen LogP contribution is -2.30. The number of nitrogens with zero attached hydrogens (tertiary/aromatic N) is 5. The Balaban J connectivity index is 1.61. The Morgan fingerprint density at radius 2 is 1.59 bits per heavy atom. The summed E-state index contributed by atoms with van der Waals surface area (Å²) in [5.41, 5.74) is 4.96. The molecular formula is C24H26N6O2. The second-order valence-corrected chi connectivity index (χ2v) is 7.55. The van der Waals surface area contributed by atoms with Crippen molar-refractivity contribution in [3.63, 3.8) is 0 Å². The number of hydrogen-bond donors (Lipinski definition) is 1. The van der Waals surface area contributed by atoms with Crippen LogP contribution in [0.25, 0.3) is 11.0 Å². The van der Waals surface area contributed by atoms with Gasteiger partial charge in [-0.3, -0.25) is 0 Å². The van der Waals surface area contributed by atoms with Gasteiger partial charge in [0, 0.05) is 30.9 Å². The van der Waals surface area contributed by atoms with Crippen molar-refractivity contribution in [2.24, 2.45) is 10.2 Å².